The molecule has 2 aromatic rings. The highest BCUT2D eigenvalue weighted by Gasteiger charge is 2.14. The molecule has 1 aromatic carbocycles. The van der Waals surface area contributed by atoms with Gasteiger partial charge in [-0.1, -0.05) is 38.5 Å². The van der Waals surface area contributed by atoms with Gasteiger partial charge in [-0.25, -0.2) is 0 Å². The summed E-state index contributed by atoms with van der Waals surface area (Å²) in [6.07, 6.45) is 4.50. The molecule has 6 nitrogen and oxygen atoms in total. The van der Waals surface area contributed by atoms with Crippen molar-refractivity contribution in [2.45, 2.75) is 57.8 Å². The molecule has 1 N–H and O–H groups in total. The highest BCUT2D eigenvalue weighted by molar-refractivity contribution is 7.99. The lowest BCUT2D eigenvalue weighted by Gasteiger charge is -2.10. The highest BCUT2D eigenvalue weighted by atomic mass is 32.2. The van der Waals surface area contributed by atoms with Crippen molar-refractivity contribution in [3.05, 3.63) is 35.7 Å². The van der Waals surface area contributed by atoms with E-state index in [1.807, 2.05) is 0 Å². The summed E-state index contributed by atoms with van der Waals surface area (Å²) in [4.78, 5) is 12.3. The van der Waals surface area contributed by atoms with E-state index in [1.165, 1.54) is 6.42 Å². The number of aromatic nitrogens is 3. The van der Waals surface area contributed by atoms with Crippen LogP contribution in [0.15, 0.2) is 29.4 Å². The molecule has 26 heavy (non-hydrogen) atoms. The van der Waals surface area contributed by atoms with Gasteiger partial charge in [0.05, 0.1) is 13.7 Å². The highest BCUT2D eigenvalue weighted by Crippen LogP contribution is 2.19. The number of ether oxygens (including phenoxy) is 1. The van der Waals surface area contributed by atoms with Crippen molar-refractivity contribution in [2.24, 2.45) is 0 Å². The lowest BCUT2D eigenvalue weighted by molar-refractivity contribution is 0.0949. The average Bonchev–Trinajstić information content (AvgIpc) is 3.06. The van der Waals surface area contributed by atoms with Crippen molar-refractivity contribution in [3.8, 4) is 5.75 Å². The summed E-state index contributed by atoms with van der Waals surface area (Å²) in [5, 5.41) is 12.5. The molecule has 1 amide bonds. The molecule has 0 bridgehead atoms. The maximum atomic E-state index is 12.3. The number of nitrogens with zero attached hydrogens (tertiary/aromatic N) is 3. The molecule has 0 spiro atoms. The van der Waals surface area contributed by atoms with E-state index in [9.17, 15) is 4.79 Å². The first-order chi connectivity index (χ1) is 12.7. The summed E-state index contributed by atoms with van der Waals surface area (Å²) >= 11 is 1.74. The van der Waals surface area contributed by atoms with E-state index < -0.39 is 0 Å². The number of rotatable bonds is 11. The summed E-state index contributed by atoms with van der Waals surface area (Å²) in [5.41, 5.74) is 0.600. The van der Waals surface area contributed by atoms with Gasteiger partial charge in [-0.15, -0.1) is 10.2 Å². The SMILES string of the molecule is CCCCSc1nnc(CNC(=O)c2ccc(OC)cc2)n1CCCC. The Balaban J connectivity index is 2.01. The lowest BCUT2D eigenvalue weighted by atomic mass is 10.2. The number of carbonyl (C=O) groups excluding carboxylic acids is 1. The third-order valence-corrected chi connectivity index (χ3v) is 5.07. The van der Waals surface area contributed by atoms with Crippen LogP contribution in [0.5, 0.6) is 5.75 Å². The smallest absolute Gasteiger partial charge is 0.251 e. The largest absolute Gasteiger partial charge is 0.497 e. The van der Waals surface area contributed by atoms with Gasteiger partial charge in [0.2, 0.25) is 0 Å². The fourth-order valence-corrected chi connectivity index (χ4v) is 3.48. The number of hydrogen-bond donors (Lipinski definition) is 1. The van der Waals surface area contributed by atoms with Gasteiger partial charge in [0.15, 0.2) is 11.0 Å². The molecule has 7 heteroatoms. The second-order valence-corrected chi connectivity index (χ2v) is 7.08. The molecule has 142 valence electrons. The fraction of sp³-hybridized carbons (Fsp3) is 0.526. The van der Waals surface area contributed by atoms with Crippen molar-refractivity contribution < 1.29 is 9.53 Å². The monoisotopic (exact) mass is 376 g/mol. The molecule has 0 fully saturated rings. The molecule has 0 aliphatic carbocycles. The second kappa shape index (κ2) is 10.9. The van der Waals surface area contributed by atoms with E-state index in [0.717, 1.165) is 48.3 Å². The predicted octanol–water partition coefficient (Wildman–Crippen LogP) is 3.91. The minimum Gasteiger partial charge on any atom is -0.497 e. The van der Waals surface area contributed by atoms with E-state index in [2.05, 4.69) is 33.9 Å². The number of hydrogen-bond acceptors (Lipinski definition) is 5. The summed E-state index contributed by atoms with van der Waals surface area (Å²) in [7, 11) is 1.61. The maximum Gasteiger partial charge on any atom is 0.251 e. The average molecular weight is 377 g/mol. The standard InChI is InChI=1S/C19H28N4O2S/c1-4-6-12-23-17(21-22-19(23)26-13-7-5-2)14-20-18(24)15-8-10-16(25-3)11-9-15/h8-11H,4-7,12-14H2,1-3H3,(H,20,24). The van der Waals surface area contributed by atoms with Crippen LogP contribution in [-0.4, -0.2) is 33.5 Å². The normalized spacial score (nSPS) is 10.7. The summed E-state index contributed by atoms with van der Waals surface area (Å²) in [6.45, 7) is 5.60. The van der Waals surface area contributed by atoms with Gasteiger partial charge in [-0.2, -0.15) is 0 Å². The van der Waals surface area contributed by atoms with Crippen LogP contribution in [0.1, 0.15) is 55.7 Å². The number of benzene rings is 1. The van der Waals surface area contributed by atoms with Crippen LogP contribution < -0.4 is 10.1 Å². The van der Waals surface area contributed by atoms with Crippen LogP contribution in [0.25, 0.3) is 0 Å². The Hall–Kier alpha value is -2.02. The van der Waals surface area contributed by atoms with E-state index >= 15 is 0 Å². The maximum absolute atomic E-state index is 12.3. The Morgan fingerprint density at radius 3 is 2.54 bits per heavy atom. The molecular formula is C19H28N4O2S. The number of methoxy groups -OCH3 is 1. The van der Waals surface area contributed by atoms with Gasteiger partial charge in [-0.3, -0.25) is 4.79 Å². The molecule has 0 saturated carbocycles. The van der Waals surface area contributed by atoms with Crippen molar-refractivity contribution >= 4 is 17.7 Å². The van der Waals surface area contributed by atoms with Gasteiger partial charge in [0.1, 0.15) is 5.75 Å². The molecule has 0 saturated heterocycles. The third kappa shape index (κ3) is 5.76. The van der Waals surface area contributed by atoms with E-state index in [0.29, 0.717) is 12.1 Å². The lowest BCUT2D eigenvalue weighted by Crippen LogP contribution is -2.25. The number of unbranched alkanes of at least 4 members (excludes halogenated alkanes) is 2. The fourth-order valence-electron chi connectivity index (χ4n) is 2.41. The van der Waals surface area contributed by atoms with Crippen LogP contribution in [-0.2, 0) is 13.1 Å². The number of nitrogens with one attached hydrogen (secondary N) is 1. The molecule has 0 unspecified atom stereocenters. The first-order valence-corrected chi connectivity index (χ1v) is 10.1. The van der Waals surface area contributed by atoms with Gasteiger partial charge in [0.25, 0.3) is 5.91 Å². The first-order valence-electron chi connectivity index (χ1n) is 9.16. The van der Waals surface area contributed by atoms with Gasteiger partial charge in [-0.05, 0) is 37.1 Å². The van der Waals surface area contributed by atoms with Crippen LogP contribution in [0.3, 0.4) is 0 Å². The number of thioether (sulfide) groups is 1. The van der Waals surface area contributed by atoms with Gasteiger partial charge < -0.3 is 14.6 Å². The Morgan fingerprint density at radius 1 is 1.15 bits per heavy atom. The third-order valence-electron chi connectivity index (χ3n) is 4.02. The second-order valence-electron chi connectivity index (χ2n) is 6.02. The predicted molar refractivity (Wildman–Crippen MR) is 105 cm³/mol. The van der Waals surface area contributed by atoms with Crippen LogP contribution >= 0.6 is 11.8 Å². The zero-order valence-corrected chi connectivity index (χ0v) is 16.6. The molecule has 1 heterocycles. The summed E-state index contributed by atoms with van der Waals surface area (Å²) < 4.78 is 7.26. The van der Waals surface area contributed by atoms with Crippen molar-refractivity contribution in [1.29, 1.82) is 0 Å². The van der Waals surface area contributed by atoms with E-state index in [4.69, 9.17) is 4.74 Å². The Kier molecular flexibility index (Phi) is 8.47. The zero-order chi connectivity index (χ0) is 18.8. The Morgan fingerprint density at radius 2 is 1.88 bits per heavy atom. The molecule has 2 rings (SSSR count). The van der Waals surface area contributed by atoms with E-state index in [1.54, 1.807) is 43.1 Å². The summed E-state index contributed by atoms with van der Waals surface area (Å²) in [5.74, 6) is 2.45. The number of carbonyl (C=O) groups is 1. The van der Waals surface area contributed by atoms with Crippen molar-refractivity contribution in [1.82, 2.24) is 20.1 Å². The van der Waals surface area contributed by atoms with Crippen LogP contribution in [0, 0.1) is 0 Å². The van der Waals surface area contributed by atoms with Crippen molar-refractivity contribution in [2.75, 3.05) is 12.9 Å². The van der Waals surface area contributed by atoms with Crippen LogP contribution in [0.4, 0.5) is 0 Å². The molecule has 0 radical (unpaired) electrons. The Labute approximate surface area is 159 Å². The first kappa shape index (κ1) is 20.3. The summed E-state index contributed by atoms with van der Waals surface area (Å²) in [6, 6.07) is 7.06. The number of amides is 1. The minimum absolute atomic E-state index is 0.127. The van der Waals surface area contributed by atoms with E-state index in [-0.39, 0.29) is 5.91 Å². The minimum atomic E-state index is -0.127. The Bertz CT molecular complexity index is 685. The quantitative estimate of drug-likeness (QED) is 0.476. The van der Waals surface area contributed by atoms with Gasteiger partial charge in [0, 0.05) is 17.9 Å². The topological polar surface area (TPSA) is 69.0 Å². The van der Waals surface area contributed by atoms with Crippen molar-refractivity contribution in [3.63, 3.8) is 0 Å². The van der Waals surface area contributed by atoms with Crippen LogP contribution in [0.2, 0.25) is 0 Å². The molecule has 0 atom stereocenters. The van der Waals surface area contributed by atoms with Gasteiger partial charge >= 0.3 is 0 Å². The zero-order valence-electron chi connectivity index (χ0n) is 15.8. The molecular weight excluding hydrogens is 348 g/mol. The molecule has 0 aliphatic heterocycles. The molecule has 0 aliphatic rings. The molecule has 1 aromatic heterocycles.